The largest absolute Gasteiger partial charge is 0.334 e. The zero-order chi connectivity index (χ0) is 22.1. The lowest BCUT2D eigenvalue weighted by Gasteiger charge is -2.25. The summed E-state index contributed by atoms with van der Waals surface area (Å²) in [5.74, 6) is -0.412. The monoisotopic (exact) mass is 431 g/mol. The summed E-state index contributed by atoms with van der Waals surface area (Å²) in [6.45, 7) is 3.23. The van der Waals surface area contributed by atoms with E-state index in [2.05, 4.69) is 20.3 Å². The lowest BCUT2D eigenvalue weighted by Crippen LogP contribution is -2.38. The number of likely N-dealkylation sites (tertiary alicyclic amines) is 1. The van der Waals surface area contributed by atoms with Gasteiger partial charge in [0.2, 0.25) is 0 Å². The van der Waals surface area contributed by atoms with E-state index < -0.39 is 0 Å². The summed E-state index contributed by atoms with van der Waals surface area (Å²) in [4.78, 5) is 21.0. The topological polar surface area (TPSA) is 81.7 Å². The van der Waals surface area contributed by atoms with Crippen molar-refractivity contribution in [2.24, 2.45) is 0 Å². The highest BCUT2D eigenvalue weighted by Gasteiger charge is 2.31. The van der Waals surface area contributed by atoms with Crippen LogP contribution in [0.4, 0.5) is 4.39 Å². The molecule has 162 valence electrons. The van der Waals surface area contributed by atoms with Gasteiger partial charge >= 0.3 is 0 Å². The fourth-order valence-electron chi connectivity index (χ4n) is 4.13. The molecule has 3 aromatic heterocycles. The fourth-order valence-corrected chi connectivity index (χ4v) is 4.13. The number of benzene rings is 1. The summed E-state index contributed by atoms with van der Waals surface area (Å²) in [6, 6.07) is 10.6. The van der Waals surface area contributed by atoms with E-state index in [1.807, 2.05) is 47.0 Å². The Morgan fingerprint density at radius 1 is 1.12 bits per heavy atom. The number of carbonyl (C=O) groups excluding carboxylic acids is 1. The van der Waals surface area contributed by atoms with Gasteiger partial charge in [0, 0.05) is 12.7 Å². The number of halogens is 1. The zero-order valence-corrected chi connectivity index (χ0v) is 17.6. The first kappa shape index (κ1) is 20.0. The second-order valence-corrected chi connectivity index (χ2v) is 7.92. The van der Waals surface area contributed by atoms with Gasteiger partial charge in [0.15, 0.2) is 0 Å². The minimum atomic E-state index is -0.380. The van der Waals surface area contributed by atoms with Gasteiger partial charge in [-0.05, 0) is 50.1 Å². The van der Waals surface area contributed by atoms with E-state index in [1.54, 1.807) is 18.5 Å². The average Bonchev–Trinajstić information content (AvgIpc) is 3.56. The molecule has 1 aliphatic rings. The molecule has 4 aromatic rings. The first-order valence-electron chi connectivity index (χ1n) is 10.5. The van der Waals surface area contributed by atoms with Gasteiger partial charge in [-0.3, -0.25) is 14.5 Å². The van der Waals surface area contributed by atoms with Gasteiger partial charge in [0.05, 0.1) is 48.1 Å². The molecule has 5 rings (SSSR count). The fraction of sp³-hybridized carbons (Fsp3) is 0.261. The van der Waals surface area contributed by atoms with Crippen molar-refractivity contribution in [1.82, 2.24) is 34.7 Å². The summed E-state index contributed by atoms with van der Waals surface area (Å²) in [7, 11) is 0. The van der Waals surface area contributed by atoms with Crippen molar-refractivity contribution in [3.05, 3.63) is 78.1 Å². The highest BCUT2D eigenvalue weighted by atomic mass is 19.1. The first-order valence-corrected chi connectivity index (χ1v) is 10.5. The third-order valence-electron chi connectivity index (χ3n) is 5.68. The number of amides is 1. The van der Waals surface area contributed by atoms with Gasteiger partial charge in [-0.2, -0.15) is 20.1 Å². The Labute approximate surface area is 184 Å². The van der Waals surface area contributed by atoms with E-state index >= 15 is 0 Å². The van der Waals surface area contributed by atoms with E-state index in [9.17, 15) is 9.18 Å². The second kappa shape index (κ2) is 8.33. The van der Waals surface area contributed by atoms with Gasteiger partial charge in [-0.25, -0.2) is 4.39 Å². The van der Waals surface area contributed by atoms with Crippen LogP contribution in [-0.4, -0.2) is 53.2 Å². The summed E-state index contributed by atoms with van der Waals surface area (Å²) in [6.07, 6.45) is 8.07. The molecular weight excluding hydrogens is 409 g/mol. The van der Waals surface area contributed by atoms with E-state index in [4.69, 9.17) is 0 Å². The number of nitrogens with zero attached hydrogens (tertiary/aromatic N) is 7. The summed E-state index contributed by atoms with van der Waals surface area (Å²) < 4.78 is 15.0. The Bertz CT molecular complexity index is 1230. The van der Waals surface area contributed by atoms with Crippen LogP contribution in [0.1, 0.15) is 28.8 Å². The van der Waals surface area contributed by atoms with Crippen molar-refractivity contribution in [2.75, 3.05) is 6.54 Å². The molecule has 0 spiro atoms. The van der Waals surface area contributed by atoms with Crippen molar-refractivity contribution in [3.8, 4) is 17.1 Å². The molecule has 9 heteroatoms. The first-order chi connectivity index (χ1) is 15.6. The van der Waals surface area contributed by atoms with Gasteiger partial charge in [0.1, 0.15) is 11.5 Å². The van der Waals surface area contributed by atoms with E-state index in [0.29, 0.717) is 35.7 Å². The number of pyridine rings is 1. The van der Waals surface area contributed by atoms with Crippen LogP contribution in [0.15, 0.2) is 61.2 Å². The van der Waals surface area contributed by atoms with Crippen LogP contribution in [0.3, 0.4) is 0 Å². The molecule has 8 nitrogen and oxygen atoms in total. The van der Waals surface area contributed by atoms with Gasteiger partial charge in [-0.15, -0.1) is 0 Å². The van der Waals surface area contributed by atoms with Crippen LogP contribution in [-0.2, 0) is 6.54 Å². The van der Waals surface area contributed by atoms with Gasteiger partial charge < -0.3 is 4.90 Å². The normalized spacial score (nSPS) is 15.9. The molecule has 0 unspecified atom stereocenters. The van der Waals surface area contributed by atoms with Crippen molar-refractivity contribution in [3.63, 3.8) is 0 Å². The maximum absolute atomic E-state index is 13.6. The van der Waals surface area contributed by atoms with Crippen LogP contribution in [0.5, 0.6) is 0 Å². The molecule has 0 bridgehead atoms. The van der Waals surface area contributed by atoms with Crippen molar-refractivity contribution in [1.29, 1.82) is 0 Å². The Morgan fingerprint density at radius 3 is 2.75 bits per heavy atom. The Balaban J connectivity index is 1.37. The smallest absolute Gasteiger partial charge is 0.256 e. The van der Waals surface area contributed by atoms with Crippen molar-refractivity contribution in [2.45, 2.75) is 32.4 Å². The highest BCUT2D eigenvalue weighted by molar-refractivity contribution is 5.98. The molecule has 0 radical (unpaired) electrons. The molecule has 0 saturated carbocycles. The van der Waals surface area contributed by atoms with Crippen LogP contribution < -0.4 is 0 Å². The quantitative estimate of drug-likeness (QED) is 0.484. The molecule has 1 fully saturated rings. The van der Waals surface area contributed by atoms with Crippen molar-refractivity contribution >= 4 is 5.91 Å². The van der Waals surface area contributed by atoms with Gasteiger partial charge in [-0.1, -0.05) is 11.6 Å². The number of hydrogen-bond acceptors (Lipinski definition) is 5. The number of aryl methyl sites for hydroxylation is 1. The second-order valence-electron chi connectivity index (χ2n) is 7.92. The van der Waals surface area contributed by atoms with Gasteiger partial charge in [0.25, 0.3) is 5.91 Å². The minimum absolute atomic E-state index is 0.0235. The number of carbonyl (C=O) groups is 1. The molecule has 4 heterocycles. The molecule has 32 heavy (non-hydrogen) atoms. The minimum Gasteiger partial charge on any atom is -0.334 e. The molecule has 1 atom stereocenters. The molecule has 0 aliphatic carbocycles. The summed E-state index contributed by atoms with van der Waals surface area (Å²) >= 11 is 0. The van der Waals surface area contributed by atoms with E-state index in [-0.39, 0.29) is 17.8 Å². The predicted octanol–water partition coefficient (Wildman–Crippen LogP) is 3.28. The van der Waals surface area contributed by atoms with E-state index in [1.165, 1.54) is 17.1 Å². The Morgan fingerprint density at radius 2 is 1.97 bits per heavy atom. The summed E-state index contributed by atoms with van der Waals surface area (Å²) in [5.41, 5.74) is 3.54. The molecule has 1 aliphatic heterocycles. The standard InChI is InChI=1S/C23H22FN7O/c1-16-4-7-22(31-26-9-10-27-31)19(13-16)23(32)30-11-2-3-18(30)15-29-12-8-21(28-29)20-6-5-17(24)14-25-20/h4-10,12-14,18H,2-3,11,15H2,1H3/t18-/m1/s1. The number of hydrogen-bond donors (Lipinski definition) is 0. The maximum Gasteiger partial charge on any atom is 0.256 e. The maximum atomic E-state index is 13.6. The molecule has 0 N–H and O–H groups in total. The van der Waals surface area contributed by atoms with Crippen LogP contribution in [0, 0.1) is 12.7 Å². The third-order valence-corrected chi connectivity index (χ3v) is 5.68. The van der Waals surface area contributed by atoms with E-state index in [0.717, 1.165) is 18.4 Å². The highest BCUT2D eigenvalue weighted by Crippen LogP contribution is 2.25. The average molecular weight is 431 g/mol. The molecule has 1 aromatic carbocycles. The third kappa shape index (κ3) is 3.89. The van der Waals surface area contributed by atoms with Crippen LogP contribution >= 0.6 is 0 Å². The zero-order valence-electron chi connectivity index (χ0n) is 17.6. The van der Waals surface area contributed by atoms with Crippen molar-refractivity contribution < 1.29 is 9.18 Å². The van der Waals surface area contributed by atoms with Crippen LogP contribution in [0.25, 0.3) is 17.1 Å². The number of rotatable bonds is 5. The molecule has 1 amide bonds. The molecule has 1 saturated heterocycles. The lowest BCUT2D eigenvalue weighted by molar-refractivity contribution is 0.0721. The lowest BCUT2D eigenvalue weighted by atomic mass is 10.1. The molecular formula is C23H22FN7O. The van der Waals surface area contributed by atoms with Crippen LogP contribution in [0.2, 0.25) is 0 Å². The number of aromatic nitrogens is 6. The SMILES string of the molecule is Cc1ccc(-n2nccn2)c(C(=O)N2CCC[C@@H]2Cn2ccc(-c3ccc(F)cn3)n2)c1. The Kier molecular flexibility index (Phi) is 5.22. The predicted molar refractivity (Wildman–Crippen MR) is 116 cm³/mol. The Hall–Kier alpha value is -3.88. The summed E-state index contributed by atoms with van der Waals surface area (Å²) in [5, 5.41) is 13.0.